The molecule has 33 heteroatoms. The maximum atomic E-state index is 14.5. The summed E-state index contributed by atoms with van der Waals surface area (Å²) in [5.41, 5.74) is 11.3. The second-order valence-electron chi connectivity index (χ2n) is 21.1. The van der Waals surface area contributed by atoms with Crippen LogP contribution in [0, 0.1) is 5.41 Å². The molecule has 1 heterocycles. The zero-order valence-corrected chi connectivity index (χ0v) is 51.1. The lowest BCUT2D eigenvalue weighted by Gasteiger charge is -2.28. The van der Waals surface area contributed by atoms with E-state index in [0.717, 1.165) is 11.8 Å². The van der Waals surface area contributed by atoms with Crippen LogP contribution < -0.4 is 70.0 Å². The van der Waals surface area contributed by atoms with Gasteiger partial charge in [0.05, 0.1) is 58.1 Å². The van der Waals surface area contributed by atoms with E-state index in [9.17, 15) is 67.7 Å². The fourth-order valence-electron chi connectivity index (χ4n) is 7.26. The highest BCUT2D eigenvalue weighted by molar-refractivity contribution is 8.01. The maximum absolute atomic E-state index is 14.5. The number of hydrogen-bond donors (Lipinski definition) is 16. The summed E-state index contributed by atoms with van der Waals surface area (Å²) in [5, 5.41) is 54.5. The van der Waals surface area contributed by atoms with Gasteiger partial charge in [0.1, 0.15) is 42.3 Å². The lowest BCUT2D eigenvalue weighted by atomic mass is 10.0. The SMILES string of the molecule is CC(C)(C)SC[C@@H]1NC(=O)[C@H](CC(=O)O)NC(=O)CSC[C@@H](C(=O)NCC(=O)NCCOCCOCCN)NC(=O)[C@H](Cc2ccccc2)NC(=O)[C@H](CSC(C)(C)C)NC(=O)[C@H](CC(=O)O)NC(=O)CNC(=O)[C@H](CCCNC(=N)N)NC1=O. The van der Waals surface area contributed by atoms with E-state index < -0.39 is 166 Å². The molecule has 2 rings (SSSR count). The Morgan fingerprint density at radius 1 is 0.635 bits per heavy atom. The van der Waals surface area contributed by atoms with Crippen LogP contribution in [0.1, 0.15) is 72.8 Å². The number of nitrogens with two attached hydrogens (primary N) is 2. The van der Waals surface area contributed by atoms with Gasteiger partial charge in [-0.2, -0.15) is 23.5 Å². The summed E-state index contributed by atoms with van der Waals surface area (Å²) in [4.78, 5) is 163. The van der Waals surface area contributed by atoms with Crippen LogP contribution in [-0.2, 0) is 73.4 Å². The fourth-order valence-corrected chi connectivity index (χ4v) is 9.92. The fraction of sp³-hybridized carbons (Fsp3) is 0.635. The van der Waals surface area contributed by atoms with Crippen LogP contribution in [0.25, 0.3) is 0 Å². The molecule has 0 aliphatic carbocycles. The summed E-state index contributed by atoms with van der Waals surface area (Å²) in [7, 11) is 0. The van der Waals surface area contributed by atoms with E-state index in [4.69, 9.17) is 26.4 Å². The Bertz CT molecular complexity index is 2440. The number of amides is 10. The van der Waals surface area contributed by atoms with Crippen molar-refractivity contribution in [2.45, 2.75) is 125 Å². The summed E-state index contributed by atoms with van der Waals surface area (Å²) in [6.07, 6.45) is -2.25. The van der Waals surface area contributed by atoms with Gasteiger partial charge in [0.25, 0.3) is 0 Å². The van der Waals surface area contributed by atoms with E-state index in [0.29, 0.717) is 18.7 Å². The molecule has 10 amide bonds. The van der Waals surface area contributed by atoms with Gasteiger partial charge in [0.2, 0.25) is 59.1 Å². The summed E-state index contributed by atoms with van der Waals surface area (Å²) < 4.78 is 9.59. The molecule has 1 aromatic carbocycles. The van der Waals surface area contributed by atoms with Crippen molar-refractivity contribution >= 4 is 112 Å². The molecule has 0 bridgehead atoms. The van der Waals surface area contributed by atoms with Crippen LogP contribution in [0.4, 0.5) is 0 Å². The molecule has 1 fully saturated rings. The summed E-state index contributed by atoms with van der Waals surface area (Å²) >= 11 is 3.16. The predicted molar refractivity (Wildman–Crippen MR) is 319 cm³/mol. The molecule has 1 saturated heterocycles. The van der Waals surface area contributed by atoms with Gasteiger partial charge in [0, 0.05) is 52.8 Å². The Morgan fingerprint density at radius 2 is 1.14 bits per heavy atom. The molecule has 18 N–H and O–H groups in total. The molecule has 7 atom stereocenters. The summed E-state index contributed by atoms with van der Waals surface area (Å²) in [5.74, 6) is -14.4. The molecular formula is C52H84N14O16S3. The lowest BCUT2D eigenvalue weighted by Crippen LogP contribution is -2.60. The Labute approximate surface area is 506 Å². The number of carbonyl (C=O) groups excluding carboxylic acids is 10. The van der Waals surface area contributed by atoms with Crippen molar-refractivity contribution in [3.05, 3.63) is 35.9 Å². The van der Waals surface area contributed by atoms with E-state index >= 15 is 0 Å². The molecule has 0 saturated carbocycles. The van der Waals surface area contributed by atoms with Crippen molar-refractivity contribution in [2.24, 2.45) is 11.5 Å². The Kier molecular flexibility index (Phi) is 33.9. The Hall–Kier alpha value is -6.94. The number of guanidine groups is 1. The smallest absolute Gasteiger partial charge is 0.305 e. The van der Waals surface area contributed by atoms with Gasteiger partial charge < -0.3 is 89.6 Å². The molecule has 0 radical (unpaired) electrons. The zero-order chi connectivity index (χ0) is 63.7. The van der Waals surface area contributed by atoms with Crippen LogP contribution in [0.15, 0.2) is 30.3 Å². The van der Waals surface area contributed by atoms with Crippen molar-refractivity contribution in [1.82, 2.24) is 58.5 Å². The molecule has 1 aliphatic heterocycles. The number of carboxylic acid groups (broad SMARTS) is 2. The van der Waals surface area contributed by atoms with Crippen molar-refractivity contribution in [3.63, 3.8) is 0 Å². The first-order valence-corrected chi connectivity index (χ1v) is 30.3. The third-order valence-electron chi connectivity index (χ3n) is 11.4. The van der Waals surface area contributed by atoms with Crippen LogP contribution in [0.5, 0.6) is 0 Å². The van der Waals surface area contributed by atoms with Crippen molar-refractivity contribution in [1.29, 1.82) is 5.41 Å². The van der Waals surface area contributed by atoms with Crippen molar-refractivity contribution in [2.75, 3.05) is 82.2 Å². The van der Waals surface area contributed by atoms with E-state index in [1.165, 1.54) is 23.5 Å². The van der Waals surface area contributed by atoms with Crippen LogP contribution >= 0.6 is 35.3 Å². The van der Waals surface area contributed by atoms with Gasteiger partial charge in [-0.15, -0.1) is 11.8 Å². The minimum Gasteiger partial charge on any atom is -0.481 e. The third kappa shape index (κ3) is 33.4. The first-order valence-electron chi connectivity index (χ1n) is 27.2. The van der Waals surface area contributed by atoms with Crippen LogP contribution in [0.3, 0.4) is 0 Å². The summed E-state index contributed by atoms with van der Waals surface area (Å²) in [6, 6.07) is -2.87. The van der Waals surface area contributed by atoms with Gasteiger partial charge in [-0.05, 0) is 18.4 Å². The average molecular weight is 1260 g/mol. The largest absolute Gasteiger partial charge is 0.481 e. The normalized spacial score (nSPS) is 21.4. The number of hydrogen-bond acceptors (Lipinski definition) is 19. The summed E-state index contributed by atoms with van der Waals surface area (Å²) in [6.45, 7) is 10.8. The van der Waals surface area contributed by atoms with Crippen LogP contribution in [-0.4, -0.2) is 221 Å². The second kappa shape index (κ2) is 38.9. The molecule has 0 unspecified atom stereocenters. The van der Waals surface area contributed by atoms with Crippen molar-refractivity contribution < 1.29 is 77.2 Å². The number of thioether (sulfide) groups is 3. The van der Waals surface area contributed by atoms with Gasteiger partial charge >= 0.3 is 11.9 Å². The number of carbonyl (C=O) groups is 12. The first-order chi connectivity index (χ1) is 40.0. The molecule has 0 aromatic heterocycles. The average Bonchev–Trinajstić information content (AvgIpc) is 3.60. The standard InChI is InChI=1S/C52H84N14O16S3/c1-51(2,3)84-27-36-48(79)62-31(13-10-15-57-50(54)55)43(74)59-25-39(68)60-33(22-41(70)71)46(77)66-37(28-85-52(4,5)6)49(80)63-32(21-30-11-8-7-9-12-30)45(76)64-35(26-83-29-40(69)61-34(23-42(72)73)47(78)65-36)44(75)58-24-38(67)56-16-18-82-20-19-81-17-14-53/h7-9,11-12,31-37H,10,13-29,53H2,1-6H3,(H,56,67)(H,58,75)(H,59,74)(H,60,68)(H,61,69)(H,62,79)(H,63,80)(H,64,76)(H,65,78)(H,66,77)(H,70,71)(H,72,73)(H4,54,55,57)/t31-,32-,33-,34-,35-,36-,37-/m0/s1. The highest BCUT2D eigenvalue weighted by Gasteiger charge is 2.36. The van der Waals surface area contributed by atoms with Gasteiger partial charge in [0.15, 0.2) is 5.96 Å². The monoisotopic (exact) mass is 1260 g/mol. The van der Waals surface area contributed by atoms with E-state index in [2.05, 4.69) is 58.5 Å². The molecule has 1 aromatic rings. The molecular weight excluding hydrogens is 1170 g/mol. The Balaban J connectivity index is 2.75. The number of aliphatic carboxylic acids is 2. The number of benzene rings is 1. The number of ether oxygens (including phenoxy) is 2. The predicted octanol–water partition coefficient (Wildman–Crippen LogP) is -4.01. The van der Waals surface area contributed by atoms with Crippen molar-refractivity contribution in [3.8, 4) is 0 Å². The van der Waals surface area contributed by atoms with E-state index in [1.54, 1.807) is 30.3 Å². The number of carboxylic acids is 2. The van der Waals surface area contributed by atoms with E-state index in [1.807, 2.05) is 41.5 Å². The van der Waals surface area contributed by atoms with Crippen LogP contribution in [0.2, 0.25) is 0 Å². The van der Waals surface area contributed by atoms with Gasteiger partial charge in [-0.1, -0.05) is 71.9 Å². The van der Waals surface area contributed by atoms with E-state index in [-0.39, 0.29) is 63.7 Å². The molecule has 30 nitrogen and oxygen atoms in total. The topological polar surface area (TPSA) is 472 Å². The highest BCUT2D eigenvalue weighted by atomic mass is 32.2. The third-order valence-corrected chi connectivity index (χ3v) is 15.2. The minimum absolute atomic E-state index is 0.0433. The van der Waals surface area contributed by atoms with Gasteiger partial charge in [-0.3, -0.25) is 62.9 Å². The second-order valence-corrected chi connectivity index (χ2v) is 25.8. The van der Waals surface area contributed by atoms with Gasteiger partial charge in [-0.25, -0.2) is 0 Å². The first kappa shape index (κ1) is 74.2. The Morgan fingerprint density at radius 3 is 1.67 bits per heavy atom. The highest BCUT2D eigenvalue weighted by Crippen LogP contribution is 2.25. The quantitative estimate of drug-likeness (QED) is 0.0252. The lowest BCUT2D eigenvalue weighted by molar-refractivity contribution is -0.141. The molecule has 0 spiro atoms. The number of nitrogens with one attached hydrogen (secondary N) is 12. The molecule has 1 aliphatic rings. The number of rotatable bonds is 25. The molecule has 476 valence electrons. The maximum Gasteiger partial charge on any atom is 0.305 e. The minimum atomic E-state index is -1.86. The zero-order valence-electron chi connectivity index (χ0n) is 48.6. The molecule has 85 heavy (non-hydrogen) atoms.